The monoisotopic (exact) mass is 456 g/mol. The van der Waals surface area contributed by atoms with Crippen molar-refractivity contribution < 1.29 is 19.2 Å². The highest BCUT2D eigenvalue weighted by Crippen LogP contribution is 2.43. The summed E-state index contributed by atoms with van der Waals surface area (Å²) in [6.07, 6.45) is -0.920. The smallest absolute Gasteiger partial charge is 0.280 e. The molecule has 4 aromatic rings. The van der Waals surface area contributed by atoms with Crippen LogP contribution in [-0.2, 0) is 0 Å². The molecule has 1 aliphatic heterocycles. The number of carbonyl (C=O) groups excluding carboxylic acids is 1. The molecule has 1 aromatic heterocycles. The topological polar surface area (TPSA) is 107 Å². The third kappa shape index (κ3) is 3.43. The number of nitrogens with one attached hydrogen (secondary N) is 1. The van der Waals surface area contributed by atoms with Crippen molar-refractivity contribution in [2.75, 3.05) is 24.4 Å². The Labute approximate surface area is 194 Å². The predicted octanol–water partition coefficient (Wildman–Crippen LogP) is 4.93. The molecule has 1 aliphatic rings. The van der Waals surface area contributed by atoms with Crippen molar-refractivity contribution in [2.45, 2.75) is 6.17 Å². The summed E-state index contributed by atoms with van der Waals surface area (Å²) in [4.78, 5) is 31.5. The van der Waals surface area contributed by atoms with Crippen LogP contribution in [0.2, 0.25) is 0 Å². The SMILES string of the molecule is COc1cc([C@H]2Nc3nc4ccccc4cc3C(=O)N2c2ccccc2)c([N+](=O)[O-])cc1OC. The first-order chi connectivity index (χ1) is 16.5. The molecular formula is C25H20N4O5. The second kappa shape index (κ2) is 8.36. The molecule has 5 rings (SSSR count). The fourth-order valence-electron chi connectivity index (χ4n) is 4.16. The molecule has 0 bridgehead atoms. The summed E-state index contributed by atoms with van der Waals surface area (Å²) < 4.78 is 10.7. The van der Waals surface area contributed by atoms with Crippen LogP contribution in [0.4, 0.5) is 17.2 Å². The molecule has 1 amide bonds. The largest absolute Gasteiger partial charge is 0.493 e. The molecule has 0 aliphatic carbocycles. The van der Waals surface area contributed by atoms with Gasteiger partial charge in [-0.2, -0.15) is 0 Å². The van der Waals surface area contributed by atoms with E-state index < -0.39 is 11.1 Å². The van der Waals surface area contributed by atoms with Gasteiger partial charge in [-0.3, -0.25) is 19.8 Å². The first-order valence-electron chi connectivity index (χ1n) is 10.5. The number of aromatic nitrogens is 1. The van der Waals surface area contributed by atoms with Gasteiger partial charge in [0.05, 0.1) is 41.9 Å². The standard InChI is InChI=1S/C25H20N4O5/c1-33-21-13-17(20(29(31)32)14-22(21)34-2)24-27-23-18(12-15-8-6-7-11-19(15)26-23)25(30)28(24)16-9-4-3-5-10-16/h3-14,24H,1-2H3,(H,26,27)/t24-/m0/s1. The number of nitro benzene ring substituents is 1. The number of amides is 1. The maximum Gasteiger partial charge on any atom is 0.280 e. The Morgan fingerprint density at radius 3 is 2.35 bits per heavy atom. The number of hydrogen-bond acceptors (Lipinski definition) is 7. The number of nitrogens with zero attached hydrogens (tertiary/aromatic N) is 3. The molecule has 9 heteroatoms. The number of methoxy groups -OCH3 is 2. The predicted molar refractivity (Wildman–Crippen MR) is 128 cm³/mol. The quantitative estimate of drug-likeness (QED) is 0.335. The van der Waals surface area contributed by atoms with Gasteiger partial charge in [0.1, 0.15) is 12.0 Å². The average molecular weight is 456 g/mol. The molecule has 0 spiro atoms. The van der Waals surface area contributed by atoms with E-state index in [1.54, 1.807) is 30.3 Å². The van der Waals surface area contributed by atoms with E-state index in [-0.39, 0.29) is 22.9 Å². The van der Waals surface area contributed by atoms with Crippen molar-refractivity contribution in [1.29, 1.82) is 0 Å². The van der Waals surface area contributed by atoms with Crippen LogP contribution in [-0.4, -0.2) is 30.0 Å². The summed E-state index contributed by atoms with van der Waals surface area (Å²) in [6.45, 7) is 0. The summed E-state index contributed by atoms with van der Waals surface area (Å²) in [5, 5.41) is 16.1. The van der Waals surface area contributed by atoms with Crippen LogP contribution >= 0.6 is 0 Å². The second-order valence-corrected chi connectivity index (χ2v) is 7.66. The van der Waals surface area contributed by atoms with Gasteiger partial charge in [-0.15, -0.1) is 0 Å². The lowest BCUT2D eigenvalue weighted by Gasteiger charge is -2.37. The van der Waals surface area contributed by atoms with Gasteiger partial charge in [-0.1, -0.05) is 36.4 Å². The Kier molecular flexibility index (Phi) is 5.21. The molecule has 1 atom stereocenters. The van der Waals surface area contributed by atoms with Gasteiger partial charge in [0, 0.05) is 11.1 Å². The molecule has 2 heterocycles. The molecule has 0 fully saturated rings. The van der Waals surface area contributed by atoms with Crippen molar-refractivity contribution in [3.63, 3.8) is 0 Å². The lowest BCUT2D eigenvalue weighted by atomic mass is 10.0. The Hall–Kier alpha value is -4.66. The molecule has 3 aromatic carbocycles. The molecule has 34 heavy (non-hydrogen) atoms. The van der Waals surface area contributed by atoms with E-state index in [4.69, 9.17) is 9.47 Å². The Balaban J connectivity index is 1.76. The zero-order valence-electron chi connectivity index (χ0n) is 18.4. The number of carbonyl (C=O) groups is 1. The lowest BCUT2D eigenvalue weighted by molar-refractivity contribution is -0.385. The average Bonchev–Trinajstić information content (AvgIpc) is 2.87. The first kappa shape index (κ1) is 21.2. The van der Waals surface area contributed by atoms with Gasteiger partial charge in [0.25, 0.3) is 11.6 Å². The number of hydrogen-bond donors (Lipinski definition) is 1. The van der Waals surface area contributed by atoms with E-state index >= 15 is 0 Å². The zero-order valence-corrected chi connectivity index (χ0v) is 18.4. The van der Waals surface area contributed by atoms with E-state index in [0.717, 1.165) is 5.39 Å². The van der Waals surface area contributed by atoms with Crippen LogP contribution in [0.1, 0.15) is 22.1 Å². The van der Waals surface area contributed by atoms with Crippen molar-refractivity contribution in [1.82, 2.24) is 4.98 Å². The molecule has 170 valence electrons. The number of ether oxygens (including phenoxy) is 2. The number of para-hydroxylation sites is 2. The van der Waals surface area contributed by atoms with Crippen LogP contribution < -0.4 is 19.7 Å². The number of anilines is 2. The zero-order chi connectivity index (χ0) is 23.8. The first-order valence-corrected chi connectivity index (χ1v) is 10.5. The summed E-state index contributed by atoms with van der Waals surface area (Å²) in [5.41, 5.74) is 1.68. The van der Waals surface area contributed by atoms with Gasteiger partial charge in [0.2, 0.25) is 0 Å². The highest BCUT2D eigenvalue weighted by atomic mass is 16.6. The highest BCUT2D eigenvalue weighted by Gasteiger charge is 2.39. The minimum atomic E-state index is -0.920. The number of fused-ring (bicyclic) bond motifs is 2. The molecule has 0 unspecified atom stereocenters. The molecule has 0 saturated carbocycles. The van der Waals surface area contributed by atoms with Crippen LogP contribution in [0, 0.1) is 10.1 Å². The number of pyridine rings is 1. The summed E-state index contributed by atoms with van der Waals surface area (Å²) in [7, 11) is 2.86. The minimum Gasteiger partial charge on any atom is -0.493 e. The Morgan fingerprint density at radius 1 is 0.971 bits per heavy atom. The van der Waals surface area contributed by atoms with E-state index in [9.17, 15) is 14.9 Å². The third-order valence-electron chi connectivity index (χ3n) is 5.76. The van der Waals surface area contributed by atoms with E-state index in [1.165, 1.54) is 31.3 Å². The Bertz CT molecular complexity index is 1420. The number of benzene rings is 3. The minimum absolute atomic E-state index is 0.215. The van der Waals surface area contributed by atoms with Gasteiger partial charge in [-0.25, -0.2) is 4.98 Å². The van der Waals surface area contributed by atoms with Crippen LogP contribution in [0.25, 0.3) is 10.9 Å². The maximum absolute atomic E-state index is 13.8. The van der Waals surface area contributed by atoms with Crippen LogP contribution in [0.5, 0.6) is 11.5 Å². The molecule has 1 N–H and O–H groups in total. The van der Waals surface area contributed by atoms with Crippen LogP contribution in [0.3, 0.4) is 0 Å². The third-order valence-corrected chi connectivity index (χ3v) is 5.76. The molecular weight excluding hydrogens is 436 g/mol. The highest BCUT2D eigenvalue weighted by molar-refractivity contribution is 6.13. The van der Waals surface area contributed by atoms with Crippen LogP contribution in [0.15, 0.2) is 72.8 Å². The van der Waals surface area contributed by atoms with E-state index in [2.05, 4.69) is 10.3 Å². The molecule has 0 saturated heterocycles. The fourth-order valence-corrected chi connectivity index (χ4v) is 4.16. The van der Waals surface area contributed by atoms with Crippen molar-refractivity contribution in [3.05, 3.63) is 94.0 Å². The number of rotatable bonds is 5. The van der Waals surface area contributed by atoms with Crippen molar-refractivity contribution in [3.8, 4) is 11.5 Å². The lowest BCUT2D eigenvalue weighted by Crippen LogP contribution is -2.43. The number of nitro groups is 1. The van der Waals surface area contributed by atoms with Crippen molar-refractivity contribution >= 4 is 34.0 Å². The summed E-state index contributed by atoms with van der Waals surface area (Å²) in [5.74, 6) is 0.552. The van der Waals surface area contributed by atoms with Gasteiger partial charge < -0.3 is 14.8 Å². The normalized spacial score (nSPS) is 14.9. The van der Waals surface area contributed by atoms with E-state index in [0.29, 0.717) is 28.3 Å². The second-order valence-electron chi connectivity index (χ2n) is 7.66. The van der Waals surface area contributed by atoms with Gasteiger partial charge in [-0.05, 0) is 30.3 Å². The maximum atomic E-state index is 13.8. The van der Waals surface area contributed by atoms with Crippen molar-refractivity contribution in [2.24, 2.45) is 0 Å². The Morgan fingerprint density at radius 2 is 1.65 bits per heavy atom. The summed E-state index contributed by atoms with van der Waals surface area (Å²) in [6, 6.07) is 21.1. The van der Waals surface area contributed by atoms with Gasteiger partial charge >= 0.3 is 0 Å². The fraction of sp³-hybridized carbons (Fsp3) is 0.120. The molecule has 9 nitrogen and oxygen atoms in total. The summed E-state index contributed by atoms with van der Waals surface area (Å²) >= 11 is 0. The van der Waals surface area contributed by atoms with E-state index in [1.807, 2.05) is 30.3 Å². The van der Waals surface area contributed by atoms with Gasteiger partial charge in [0.15, 0.2) is 11.5 Å². The molecule has 0 radical (unpaired) electrons.